The maximum absolute atomic E-state index is 12.8. The van der Waals surface area contributed by atoms with Gasteiger partial charge < -0.3 is 15.4 Å². The van der Waals surface area contributed by atoms with Crippen molar-refractivity contribution in [1.82, 2.24) is 4.90 Å². The molecule has 0 spiro atoms. The third-order valence-corrected chi connectivity index (χ3v) is 4.39. The van der Waals surface area contributed by atoms with Gasteiger partial charge in [0.15, 0.2) is 0 Å². The van der Waals surface area contributed by atoms with Gasteiger partial charge in [0.25, 0.3) is 5.91 Å². The van der Waals surface area contributed by atoms with Crippen molar-refractivity contribution in [3.8, 4) is 5.75 Å². The zero-order valence-corrected chi connectivity index (χ0v) is 16.5. The second-order valence-electron chi connectivity index (χ2n) is 6.68. The Morgan fingerprint density at radius 3 is 2.35 bits per heavy atom. The molecule has 0 saturated carbocycles. The van der Waals surface area contributed by atoms with E-state index in [4.69, 9.17) is 10.5 Å². The summed E-state index contributed by atoms with van der Waals surface area (Å²) in [5.74, 6) is 1.21. The number of ether oxygens (including phenoxy) is 1. The van der Waals surface area contributed by atoms with Gasteiger partial charge in [-0.25, -0.2) is 0 Å². The Labute approximate surface area is 162 Å². The van der Waals surface area contributed by atoms with E-state index in [-0.39, 0.29) is 24.4 Å². The maximum Gasteiger partial charge on any atom is 0.254 e. The van der Waals surface area contributed by atoms with Crippen molar-refractivity contribution in [3.05, 3.63) is 65.7 Å². The minimum absolute atomic E-state index is 0. The molecule has 5 heteroatoms. The Morgan fingerprint density at radius 2 is 1.69 bits per heavy atom. The topological polar surface area (TPSA) is 55.6 Å². The van der Waals surface area contributed by atoms with Crippen LogP contribution in [0.2, 0.25) is 0 Å². The quantitative estimate of drug-likeness (QED) is 0.753. The molecule has 0 aliphatic rings. The molecule has 0 bridgehead atoms. The number of hydrogen-bond acceptors (Lipinski definition) is 3. The lowest BCUT2D eigenvalue weighted by molar-refractivity contribution is 0.0786. The summed E-state index contributed by atoms with van der Waals surface area (Å²) < 4.78 is 5.80. The van der Waals surface area contributed by atoms with Crippen LogP contribution >= 0.6 is 12.4 Å². The molecule has 0 aliphatic carbocycles. The molecular weight excluding hydrogens is 348 g/mol. The first-order valence-electron chi connectivity index (χ1n) is 8.76. The van der Waals surface area contributed by atoms with Crippen LogP contribution in [0.15, 0.2) is 54.6 Å². The lowest BCUT2D eigenvalue weighted by Gasteiger charge is -2.22. The van der Waals surface area contributed by atoms with E-state index in [0.29, 0.717) is 24.6 Å². The Hall–Kier alpha value is -2.04. The van der Waals surface area contributed by atoms with Gasteiger partial charge in [-0.2, -0.15) is 0 Å². The molecule has 2 aromatic rings. The highest BCUT2D eigenvalue weighted by Crippen LogP contribution is 2.16. The van der Waals surface area contributed by atoms with E-state index in [1.165, 1.54) is 0 Å². The van der Waals surface area contributed by atoms with E-state index in [2.05, 4.69) is 13.8 Å². The third kappa shape index (κ3) is 6.36. The second kappa shape index (κ2) is 10.8. The molecule has 0 heterocycles. The summed E-state index contributed by atoms with van der Waals surface area (Å²) in [6.45, 7) is 5.21. The van der Waals surface area contributed by atoms with Crippen molar-refractivity contribution in [2.24, 2.45) is 11.7 Å². The Morgan fingerprint density at radius 1 is 1.08 bits per heavy atom. The minimum Gasteiger partial charge on any atom is -0.489 e. The van der Waals surface area contributed by atoms with Crippen molar-refractivity contribution in [2.45, 2.75) is 32.9 Å². The average molecular weight is 377 g/mol. The van der Waals surface area contributed by atoms with Crippen molar-refractivity contribution < 1.29 is 9.53 Å². The van der Waals surface area contributed by atoms with Gasteiger partial charge in [0, 0.05) is 30.8 Å². The van der Waals surface area contributed by atoms with E-state index in [0.717, 1.165) is 17.7 Å². The molecule has 0 aromatic heterocycles. The van der Waals surface area contributed by atoms with Crippen LogP contribution in [0.1, 0.15) is 36.2 Å². The normalized spacial score (nSPS) is 11.6. The van der Waals surface area contributed by atoms with E-state index in [9.17, 15) is 4.79 Å². The smallest absolute Gasteiger partial charge is 0.254 e. The minimum atomic E-state index is 0. The fourth-order valence-electron chi connectivity index (χ4n) is 2.52. The molecule has 0 aliphatic heterocycles. The summed E-state index contributed by atoms with van der Waals surface area (Å²) in [6, 6.07) is 17.3. The molecule has 4 nitrogen and oxygen atoms in total. The van der Waals surface area contributed by atoms with E-state index in [1.807, 2.05) is 61.6 Å². The van der Waals surface area contributed by atoms with Crippen molar-refractivity contribution in [1.29, 1.82) is 0 Å². The highest BCUT2D eigenvalue weighted by Gasteiger charge is 2.17. The Kier molecular flexibility index (Phi) is 9.17. The first kappa shape index (κ1) is 22.0. The number of halogens is 1. The lowest BCUT2D eigenvalue weighted by atomic mass is 10.0. The number of rotatable bonds is 8. The van der Waals surface area contributed by atoms with Crippen LogP contribution in [-0.4, -0.2) is 30.4 Å². The van der Waals surface area contributed by atoms with E-state index >= 15 is 0 Å². The lowest BCUT2D eigenvalue weighted by Crippen LogP contribution is -2.35. The summed E-state index contributed by atoms with van der Waals surface area (Å²) in [7, 11) is 1.82. The van der Waals surface area contributed by atoms with Crippen molar-refractivity contribution >= 4 is 18.3 Å². The maximum atomic E-state index is 12.8. The van der Waals surface area contributed by atoms with E-state index in [1.54, 1.807) is 4.90 Å². The number of benzene rings is 2. The molecule has 2 N–H and O–H groups in total. The summed E-state index contributed by atoms with van der Waals surface area (Å²) >= 11 is 0. The molecule has 1 unspecified atom stereocenters. The molecular formula is C21H29ClN2O2. The van der Waals surface area contributed by atoms with Gasteiger partial charge in [-0.15, -0.1) is 12.4 Å². The first-order chi connectivity index (χ1) is 12.0. The summed E-state index contributed by atoms with van der Waals surface area (Å²) in [4.78, 5) is 14.5. The van der Waals surface area contributed by atoms with Crippen molar-refractivity contribution in [3.63, 3.8) is 0 Å². The highest BCUT2D eigenvalue weighted by molar-refractivity contribution is 5.95. The predicted octanol–water partition coefficient (Wildman–Crippen LogP) is 4.13. The number of para-hydroxylation sites is 1. The number of carbonyl (C=O) groups excluding carboxylic acids is 1. The van der Waals surface area contributed by atoms with Crippen LogP contribution in [0.25, 0.3) is 0 Å². The van der Waals surface area contributed by atoms with Gasteiger partial charge >= 0.3 is 0 Å². The molecule has 2 aromatic carbocycles. The number of nitrogens with zero attached hydrogens (tertiary/aromatic N) is 1. The number of hydrogen-bond donors (Lipinski definition) is 1. The molecule has 1 atom stereocenters. The SMILES string of the molecule is CC(C)C(N)CCN(C)C(=O)c1ccccc1COc1ccccc1.Cl. The van der Waals surface area contributed by atoms with Crippen LogP contribution in [0, 0.1) is 5.92 Å². The molecule has 0 radical (unpaired) electrons. The Bertz CT molecular complexity index is 677. The second-order valence-corrected chi connectivity index (χ2v) is 6.68. The molecule has 142 valence electrons. The monoisotopic (exact) mass is 376 g/mol. The highest BCUT2D eigenvalue weighted by atomic mass is 35.5. The molecule has 2 rings (SSSR count). The molecule has 1 amide bonds. The summed E-state index contributed by atoms with van der Waals surface area (Å²) in [5, 5.41) is 0. The van der Waals surface area contributed by atoms with Crippen LogP contribution in [0.5, 0.6) is 5.75 Å². The number of carbonyl (C=O) groups is 1. The average Bonchev–Trinajstić information content (AvgIpc) is 2.64. The molecule has 0 saturated heterocycles. The van der Waals surface area contributed by atoms with Crippen LogP contribution in [-0.2, 0) is 6.61 Å². The number of amides is 1. The first-order valence-corrected chi connectivity index (χ1v) is 8.76. The molecule has 0 fully saturated rings. The Balaban J connectivity index is 0.00000338. The third-order valence-electron chi connectivity index (χ3n) is 4.39. The van der Waals surface area contributed by atoms with Gasteiger partial charge in [-0.1, -0.05) is 50.2 Å². The zero-order valence-electron chi connectivity index (χ0n) is 15.7. The largest absolute Gasteiger partial charge is 0.489 e. The van der Waals surface area contributed by atoms with Gasteiger partial charge in [-0.3, -0.25) is 4.79 Å². The van der Waals surface area contributed by atoms with Crippen LogP contribution in [0.3, 0.4) is 0 Å². The molecule has 26 heavy (non-hydrogen) atoms. The van der Waals surface area contributed by atoms with Gasteiger partial charge in [0.1, 0.15) is 12.4 Å². The van der Waals surface area contributed by atoms with E-state index < -0.39 is 0 Å². The standard InChI is InChI=1S/C21H28N2O2.ClH/c1-16(2)20(22)13-14-23(3)21(24)19-12-8-7-9-17(19)15-25-18-10-5-4-6-11-18;/h4-12,16,20H,13-15,22H2,1-3H3;1H. The number of nitrogens with two attached hydrogens (primary N) is 1. The zero-order chi connectivity index (χ0) is 18.2. The predicted molar refractivity (Wildman–Crippen MR) is 109 cm³/mol. The van der Waals surface area contributed by atoms with Crippen LogP contribution in [0.4, 0.5) is 0 Å². The van der Waals surface area contributed by atoms with Gasteiger partial charge in [0.2, 0.25) is 0 Å². The van der Waals surface area contributed by atoms with Crippen molar-refractivity contribution in [2.75, 3.05) is 13.6 Å². The van der Waals surface area contributed by atoms with Gasteiger partial charge in [-0.05, 0) is 30.5 Å². The van der Waals surface area contributed by atoms with Crippen LogP contribution < -0.4 is 10.5 Å². The summed E-state index contributed by atoms with van der Waals surface area (Å²) in [5.41, 5.74) is 7.65. The fraction of sp³-hybridized carbons (Fsp3) is 0.381. The van der Waals surface area contributed by atoms with Gasteiger partial charge in [0.05, 0.1) is 0 Å². The fourth-order valence-corrected chi connectivity index (χ4v) is 2.52. The summed E-state index contributed by atoms with van der Waals surface area (Å²) in [6.07, 6.45) is 0.794.